The summed E-state index contributed by atoms with van der Waals surface area (Å²) < 4.78 is 15.8. The zero-order chi connectivity index (χ0) is 44.6. The molecule has 0 aliphatic carbocycles. The molecule has 0 aromatic heterocycles. The number of halogens is 2. The van der Waals surface area contributed by atoms with E-state index in [-0.39, 0.29) is 41.9 Å². The van der Waals surface area contributed by atoms with Gasteiger partial charge in [-0.25, -0.2) is 0 Å². The molecule has 0 spiro atoms. The molecular formula is C45H74Cl2N2O6S3. The zero-order valence-electron chi connectivity index (χ0n) is 36.6. The molecule has 0 aliphatic rings. The first-order valence-electron chi connectivity index (χ1n) is 19.2. The number of ether oxygens (including phenoxy) is 3. The maximum Gasteiger partial charge on any atom is 0.220 e. The van der Waals surface area contributed by atoms with E-state index in [9.17, 15) is 14.4 Å². The molecule has 0 amide bonds. The molecule has 13 heteroatoms. The van der Waals surface area contributed by atoms with Crippen molar-refractivity contribution in [3.8, 4) is 12.1 Å². The second-order valence-corrected chi connectivity index (χ2v) is 18.5. The quantitative estimate of drug-likeness (QED) is 0.111. The van der Waals surface area contributed by atoms with Gasteiger partial charge in [-0.1, -0.05) is 133 Å². The van der Waals surface area contributed by atoms with Gasteiger partial charge in [-0.2, -0.15) is 22.3 Å². The molecule has 58 heavy (non-hydrogen) atoms. The lowest BCUT2D eigenvalue weighted by Gasteiger charge is -2.07. The molecule has 0 saturated heterocycles. The van der Waals surface area contributed by atoms with Gasteiger partial charge in [0.25, 0.3) is 0 Å². The van der Waals surface area contributed by atoms with Gasteiger partial charge in [0, 0.05) is 45.7 Å². The van der Waals surface area contributed by atoms with Gasteiger partial charge in [0.05, 0.1) is 61.7 Å². The Hall–Kier alpha value is -2.06. The van der Waals surface area contributed by atoms with Crippen molar-refractivity contribution in [1.29, 1.82) is 10.5 Å². The van der Waals surface area contributed by atoms with Crippen molar-refractivity contribution in [2.75, 3.05) is 37.1 Å². The van der Waals surface area contributed by atoms with Crippen molar-refractivity contribution < 1.29 is 28.6 Å². The molecule has 0 bridgehead atoms. The maximum atomic E-state index is 11.8. The number of nitrogens with zero attached hydrogens (tertiary/aromatic N) is 2. The number of carbonyl (C=O) groups is 3. The molecule has 0 aliphatic heterocycles. The van der Waals surface area contributed by atoms with Gasteiger partial charge < -0.3 is 19.0 Å². The van der Waals surface area contributed by atoms with E-state index < -0.39 is 0 Å². The molecule has 0 unspecified atom stereocenters. The third-order valence-electron chi connectivity index (χ3n) is 5.30. The smallest absolute Gasteiger partial charge is 0.220 e. The zero-order valence-corrected chi connectivity index (χ0v) is 40.6. The molecule has 8 nitrogen and oxygen atoms in total. The van der Waals surface area contributed by atoms with Gasteiger partial charge in [0.2, 0.25) is 10.2 Å². The Bertz CT molecular complexity index is 1320. The molecule has 0 heterocycles. The third kappa shape index (κ3) is 53.9. The molecule has 2 aromatic rings. The number of benzene rings is 2. The number of nitriles is 2. The number of hydrogen-bond donors (Lipinski definition) is 0. The summed E-state index contributed by atoms with van der Waals surface area (Å²) in [6, 6.07) is 18.3. The lowest BCUT2D eigenvalue weighted by atomic mass is 10.2. The van der Waals surface area contributed by atoms with Crippen LogP contribution >= 0.6 is 58.5 Å². The van der Waals surface area contributed by atoms with E-state index in [0.29, 0.717) is 65.0 Å². The van der Waals surface area contributed by atoms with Crippen LogP contribution in [0, 0.1) is 34.5 Å². The van der Waals surface area contributed by atoms with E-state index in [1.165, 1.54) is 23.5 Å². The first-order valence-corrected chi connectivity index (χ1v) is 23.0. The van der Waals surface area contributed by atoms with Crippen LogP contribution < -0.4 is 0 Å². The third-order valence-corrected chi connectivity index (χ3v) is 8.67. The van der Waals surface area contributed by atoms with E-state index >= 15 is 0 Å². The average molecular weight is 906 g/mol. The average Bonchev–Trinajstić information content (AvgIpc) is 3.13. The predicted molar refractivity (Wildman–Crippen MR) is 256 cm³/mol. The van der Waals surface area contributed by atoms with E-state index in [4.69, 9.17) is 47.9 Å². The van der Waals surface area contributed by atoms with E-state index in [0.717, 1.165) is 23.5 Å². The summed E-state index contributed by atoms with van der Waals surface area (Å²) in [7, 11) is 0. The minimum absolute atomic E-state index is 0. The summed E-state index contributed by atoms with van der Waals surface area (Å²) >= 11 is 16.0. The Morgan fingerprint density at radius 3 is 1.48 bits per heavy atom. The Balaban J connectivity index is -0.000000207. The molecule has 0 atom stereocenters. The first-order chi connectivity index (χ1) is 26.7. The second-order valence-electron chi connectivity index (χ2n) is 13.9. The summed E-state index contributed by atoms with van der Waals surface area (Å²) in [6.07, 6.45) is 2.77. The fourth-order valence-corrected chi connectivity index (χ4v) is 5.50. The highest BCUT2D eigenvalue weighted by molar-refractivity contribution is 8.14. The Morgan fingerprint density at radius 1 is 0.672 bits per heavy atom. The van der Waals surface area contributed by atoms with Crippen LogP contribution in [0.15, 0.2) is 48.5 Å². The number of aldehydes is 1. The maximum absolute atomic E-state index is 11.8. The fraction of sp³-hybridized carbons (Fsp3) is 0.622. The number of hydrogen-bond acceptors (Lipinski definition) is 11. The molecule has 0 N–H and O–H groups in total. The highest BCUT2D eigenvalue weighted by atomic mass is 35.5. The predicted octanol–water partition coefficient (Wildman–Crippen LogP) is 13.8. The lowest BCUT2D eigenvalue weighted by Crippen LogP contribution is -2.07. The standard InChI is InChI=1S/C12H14Cl2O2S.C12H16O2S.C6H11NO.C6H11NS.C4H8O.C4H10.CH4/c1-8(2)16-5-6-17-12(15)10-4-3-9(13)7-11(10)14;1-10(2)14-8-9-15-12(13)11-6-4-3-5-7-11;2*1-6(2)8-5-3-4-7;1-4(2)3-5;1-4(2)3;/h3-4,7-8H,5-6H2,1-2H3;3-7,10H,8-9H2,1-2H3;2*6H,3,5H2,1-2H3;3-4H,1-2H3;4H,1-3H3;1H4. The van der Waals surface area contributed by atoms with Gasteiger partial charge in [0.1, 0.15) is 6.29 Å². The van der Waals surface area contributed by atoms with Crippen LogP contribution in [-0.2, 0) is 19.0 Å². The molecule has 2 aromatic carbocycles. The van der Waals surface area contributed by atoms with E-state index in [1.807, 2.05) is 104 Å². The second kappa shape index (κ2) is 46.0. The Morgan fingerprint density at radius 2 is 1.10 bits per heavy atom. The van der Waals surface area contributed by atoms with Crippen LogP contribution in [0.4, 0.5) is 0 Å². The van der Waals surface area contributed by atoms with Crippen molar-refractivity contribution in [3.05, 3.63) is 69.7 Å². The summed E-state index contributed by atoms with van der Waals surface area (Å²) in [6.45, 7) is 28.0. The molecule has 332 valence electrons. The first kappa shape index (κ1) is 65.1. The monoisotopic (exact) mass is 904 g/mol. The normalized spacial score (nSPS) is 9.84. The topological polar surface area (TPSA) is 126 Å². The number of rotatable bonds is 17. The summed E-state index contributed by atoms with van der Waals surface area (Å²) in [5, 5.41) is 17.8. The van der Waals surface area contributed by atoms with Crippen molar-refractivity contribution in [2.24, 2.45) is 11.8 Å². The Labute approximate surface area is 376 Å². The SMILES string of the molecule is C.CC(C)C.CC(C)C=O.CC(C)OCCC#N.CC(C)OCCSC(=O)c1ccc(Cl)cc1Cl.CC(C)OCCSC(=O)c1ccccc1.CC(C)SCCC#N. The molecule has 0 radical (unpaired) electrons. The molecule has 2 rings (SSSR count). The van der Waals surface area contributed by atoms with Crippen molar-refractivity contribution in [2.45, 2.75) is 134 Å². The largest absolute Gasteiger partial charge is 0.378 e. The van der Waals surface area contributed by atoms with Gasteiger partial charge in [0.15, 0.2) is 0 Å². The summed E-state index contributed by atoms with van der Waals surface area (Å²) in [5.74, 6) is 3.35. The van der Waals surface area contributed by atoms with Crippen LogP contribution in [0.25, 0.3) is 0 Å². The van der Waals surface area contributed by atoms with Crippen LogP contribution in [0.1, 0.15) is 131 Å². The minimum atomic E-state index is -0.0565. The molecule has 0 saturated carbocycles. The highest BCUT2D eigenvalue weighted by Crippen LogP contribution is 2.24. The van der Waals surface area contributed by atoms with Gasteiger partial charge in [-0.15, -0.1) is 0 Å². The van der Waals surface area contributed by atoms with Crippen LogP contribution in [0.5, 0.6) is 0 Å². The van der Waals surface area contributed by atoms with Crippen LogP contribution in [0.3, 0.4) is 0 Å². The lowest BCUT2D eigenvalue weighted by molar-refractivity contribution is -0.110. The summed E-state index contributed by atoms with van der Waals surface area (Å²) in [5.41, 5.74) is 1.25. The van der Waals surface area contributed by atoms with E-state index in [2.05, 4.69) is 40.7 Å². The number of thioether (sulfide) groups is 3. The number of carbonyl (C=O) groups excluding carboxylic acids is 3. The molecular weight excluding hydrogens is 832 g/mol. The fourth-order valence-electron chi connectivity index (χ4n) is 2.91. The minimum Gasteiger partial charge on any atom is -0.378 e. The van der Waals surface area contributed by atoms with Gasteiger partial charge >= 0.3 is 0 Å². The van der Waals surface area contributed by atoms with E-state index in [1.54, 1.807) is 18.2 Å². The van der Waals surface area contributed by atoms with Crippen molar-refractivity contribution in [3.63, 3.8) is 0 Å². The van der Waals surface area contributed by atoms with Crippen LogP contribution in [-0.4, -0.2) is 77.2 Å². The highest BCUT2D eigenvalue weighted by Gasteiger charge is 2.11. The summed E-state index contributed by atoms with van der Waals surface area (Å²) in [4.78, 5) is 32.9. The Kier molecular flexibility index (Phi) is 51.6. The van der Waals surface area contributed by atoms with Crippen molar-refractivity contribution >= 4 is 75.0 Å². The van der Waals surface area contributed by atoms with Gasteiger partial charge in [-0.3, -0.25) is 9.59 Å². The van der Waals surface area contributed by atoms with Crippen LogP contribution in [0.2, 0.25) is 10.0 Å². The molecule has 0 fully saturated rings. The van der Waals surface area contributed by atoms with Crippen molar-refractivity contribution in [1.82, 2.24) is 0 Å². The van der Waals surface area contributed by atoms with Gasteiger partial charge in [-0.05, 0) is 70.9 Å².